The Morgan fingerprint density at radius 3 is 2.57 bits per heavy atom. The molecule has 0 spiro atoms. The highest BCUT2D eigenvalue weighted by atomic mass is 16.4. The van der Waals surface area contributed by atoms with Gasteiger partial charge >= 0.3 is 12.0 Å². The van der Waals surface area contributed by atoms with Crippen LogP contribution in [0, 0.1) is 6.92 Å². The molecule has 7 heteroatoms. The van der Waals surface area contributed by atoms with Crippen LogP contribution in [0.4, 0.5) is 10.5 Å². The fourth-order valence-corrected chi connectivity index (χ4v) is 2.54. The standard InChI is InChI=1S/C14H22N4O3/c1-3-4-17-5-7-18(8-6-17)14(21)16-11-9-10(2)15-12(11)13(19)20/h9,15H,3-8H2,1-2H3,(H,16,21)(H,19,20). The zero-order chi connectivity index (χ0) is 15.4. The van der Waals surface area contributed by atoms with Crippen LogP contribution in [-0.4, -0.2) is 64.6 Å². The minimum atomic E-state index is -1.08. The summed E-state index contributed by atoms with van der Waals surface area (Å²) in [6.07, 6.45) is 1.11. The summed E-state index contributed by atoms with van der Waals surface area (Å²) in [5, 5.41) is 11.8. The van der Waals surface area contributed by atoms with Crippen molar-refractivity contribution in [1.29, 1.82) is 0 Å². The van der Waals surface area contributed by atoms with Gasteiger partial charge in [0.15, 0.2) is 0 Å². The number of rotatable bonds is 4. The van der Waals surface area contributed by atoms with Crippen LogP contribution < -0.4 is 5.32 Å². The second-order valence-electron chi connectivity index (χ2n) is 5.31. The van der Waals surface area contributed by atoms with E-state index in [0.29, 0.717) is 24.5 Å². The monoisotopic (exact) mass is 294 g/mol. The molecule has 1 aliphatic heterocycles. The summed E-state index contributed by atoms with van der Waals surface area (Å²) in [5.41, 5.74) is 1.04. The number of amides is 2. The normalized spacial score (nSPS) is 16.0. The minimum Gasteiger partial charge on any atom is -0.477 e. The van der Waals surface area contributed by atoms with Gasteiger partial charge in [0.05, 0.1) is 5.69 Å². The number of H-pyrrole nitrogens is 1. The molecule has 1 aromatic rings. The lowest BCUT2D eigenvalue weighted by atomic mass is 10.3. The number of aromatic carboxylic acids is 1. The van der Waals surface area contributed by atoms with E-state index in [9.17, 15) is 9.59 Å². The lowest BCUT2D eigenvalue weighted by Gasteiger charge is -2.34. The van der Waals surface area contributed by atoms with Crippen LogP contribution in [0.25, 0.3) is 0 Å². The Balaban J connectivity index is 1.95. The van der Waals surface area contributed by atoms with E-state index in [4.69, 9.17) is 5.11 Å². The van der Waals surface area contributed by atoms with Crippen LogP contribution in [0.15, 0.2) is 6.07 Å². The maximum Gasteiger partial charge on any atom is 0.354 e. The average Bonchev–Trinajstić information content (AvgIpc) is 2.81. The van der Waals surface area contributed by atoms with Crippen molar-refractivity contribution in [3.8, 4) is 0 Å². The van der Waals surface area contributed by atoms with Gasteiger partial charge in [-0.3, -0.25) is 4.90 Å². The minimum absolute atomic E-state index is 0.0190. The molecule has 2 heterocycles. The van der Waals surface area contributed by atoms with Gasteiger partial charge < -0.3 is 20.3 Å². The van der Waals surface area contributed by atoms with Crippen molar-refractivity contribution in [2.24, 2.45) is 0 Å². The number of aryl methyl sites for hydroxylation is 1. The number of urea groups is 1. The Labute approximate surface area is 123 Å². The number of carbonyl (C=O) groups is 2. The summed E-state index contributed by atoms with van der Waals surface area (Å²) in [6.45, 7) is 8.00. The lowest BCUT2D eigenvalue weighted by molar-refractivity contribution is 0.0692. The van der Waals surface area contributed by atoms with E-state index in [1.54, 1.807) is 17.9 Å². The molecule has 1 saturated heterocycles. The highest BCUT2D eigenvalue weighted by molar-refractivity contribution is 5.99. The number of aromatic nitrogens is 1. The van der Waals surface area contributed by atoms with Gasteiger partial charge in [-0.15, -0.1) is 0 Å². The molecular weight excluding hydrogens is 272 g/mol. The van der Waals surface area contributed by atoms with E-state index in [0.717, 1.165) is 26.1 Å². The van der Waals surface area contributed by atoms with Gasteiger partial charge in [0, 0.05) is 31.9 Å². The highest BCUT2D eigenvalue weighted by Crippen LogP contribution is 2.17. The average molecular weight is 294 g/mol. The molecule has 0 aliphatic carbocycles. The molecular formula is C14H22N4O3. The fourth-order valence-electron chi connectivity index (χ4n) is 2.54. The summed E-state index contributed by atoms with van der Waals surface area (Å²) < 4.78 is 0. The molecule has 0 radical (unpaired) electrons. The number of carboxylic acid groups (broad SMARTS) is 1. The second kappa shape index (κ2) is 6.62. The van der Waals surface area contributed by atoms with Gasteiger partial charge in [-0.2, -0.15) is 0 Å². The maximum absolute atomic E-state index is 12.2. The van der Waals surface area contributed by atoms with Gasteiger partial charge in [0.25, 0.3) is 0 Å². The Morgan fingerprint density at radius 1 is 1.33 bits per heavy atom. The molecule has 0 bridgehead atoms. The Bertz CT molecular complexity index is 518. The number of nitrogens with one attached hydrogen (secondary N) is 2. The molecule has 116 valence electrons. The summed E-state index contributed by atoms with van der Waals surface area (Å²) in [5.74, 6) is -1.08. The van der Waals surface area contributed by atoms with E-state index in [2.05, 4.69) is 22.1 Å². The predicted molar refractivity (Wildman–Crippen MR) is 79.8 cm³/mol. The molecule has 0 unspecified atom stereocenters. The van der Waals surface area contributed by atoms with E-state index in [1.165, 1.54) is 0 Å². The van der Waals surface area contributed by atoms with Crippen molar-refractivity contribution in [2.75, 3.05) is 38.0 Å². The smallest absolute Gasteiger partial charge is 0.354 e. The Morgan fingerprint density at radius 2 is 2.00 bits per heavy atom. The number of carbonyl (C=O) groups excluding carboxylic acids is 1. The molecule has 3 N–H and O–H groups in total. The van der Waals surface area contributed by atoms with Gasteiger partial charge in [-0.1, -0.05) is 6.92 Å². The number of piperazine rings is 1. The van der Waals surface area contributed by atoms with E-state index < -0.39 is 5.97 Å². The van der Waals surface area contributed by atoms with Crippen molar-refractivity contribution in [2.45, 2.75) is 20.3 Å². The first-order chi connectivity index (χ1) is 10.0. The molecule has 0 atom stereocenters. The van der Waals surface area contributed by atoms with Crippen LogP contribution >= 0.6 is 0 Å². The predicted octanol–water partition coefficient (Wildman–Crippen LogP) is 1.58. The summed E-state index contributed by atoms with van der Waals surface area (Å²) in [6, 6.07) is 1.39. The quantitative estimate of drug-likeness (QED) is 0.786. The molecule has 21 heavy (non-hydrogen) atoms. The van der Waals surface area contributed by atoms with Crippen molar-refractivity contribution < 1.29 is 14.7 Å². The summed E-state index contributed by atoms with van der Waals surface area (Å²) >= 11 is 0. The number of aromatic amines is 1. The second-order valence-corrected chi connectivity index (χ2v) is 5.31. The molecule has 2 rings (SSSR count). The number of nitrogens with zero attached hydrogens (tertiary/aromatic N) is 2. The Hall–Kier alpha value is -2.02. The topological polar surface area (TPSA) is 88.7 Å². The molecule has 0 aromatic carbocycles. The van der Waals surface area contributed by atoms with Crippen LogP contribution in [-0.2, 0) is 0 Å². The first kappa shape index (κ1) is 15.4. The zero-order valence-corrected chi connectivity index (χ0v) is 12.5. The molecule has 7 nitrogen and oxygen atoms in total. The van der Waals surface area contributed by atoms with E-state index >= 15 is 0 Å². The third kappa shape index (κ3) is 3.75. The third-order valence-electron chi connectivity index (χ3n) is 3.61. The fraction of sp³-hybridized carbons (Fsp3) is 0.571. The van der Waals surface area contributed by atoms with Crippen molar-refractivity contribution >= 4 is 17.7 Å². The van der Waals surface area contributed by atoms with Crippen LogP contribution in [0.5, 0.6) is 0 Å². The van der Waals surface area contributed by atoms with E-state index in [1.807, 2.05) is 0 Å². The number of anilines is 1. The summed E-state index contributed by atoms with van der Waals surface area (Å²) in [7, 11) is 0. The maximum atomic E-state index is 12.2. The highest BCUT2D eigenvalue weighted by Gasteiger charge is 2.22. The largest absolute Gasteiger partial charge is 0.477 e. The van der Waals surface area contributed by atoms with Gasteiger partial charge in [-0.25, -0.2) is 9.59 Å². The molecule has 1 aromatic heterocycles. The van der Waals surface area contributed by atoms with Crippen LogP contribution in [0.1, 0.15) is 29.5 Å². The molecule has 2 amide bonds. The molecule has 1 aliphatic rings. The number of hydrogen-bond donors (Lipinski definition) is 3. The van der Waals surface area contributed by atoms with Crippen molar-refractivity contribution in [1.82, 2.24) is 14.8 Å². The first-order valence-corrected chi connectivity index (χ1v) is 7.22. The van der Waals surface area contributed by atoms with Crippen LogP contribution in [0.3, 0.4) is 0 Å². The van der Waals surface area contributed by atoms with E-state index in [-0.39, 0.29) is 11.7 Å². The van der Waals surface area contributed by atoms with Crippen LogP contribution in [0.2, 0.25) is 0 Å². The van der Waals surface area contributed by atoms with Gasteiger partial charge in [0.1, 0.15) is 5.69 Å². The van der Waals surface area contributed by atoms with Crippen molar-refractivity contribution in [3.05, 3.63) is 17.5 Å². The first-order valence-electron chi connectivity index (χ1n) is 7.22. The Kier molecular flexibility index (Phi) is 4.85. The molecule has 0 saturated carbocycles. The zero-order valence-electron chi connectivity index (χ0n) is 12.5. The lowest BCUT2D eigenvalue weighted by Crippen LogP contribution is -2.50. The molecule has 1 fully saturated rings. The van der Waals surface area contributed by atoms with Crippen molar-refractivity contribution in [3.63, 3.8) is 0 Å². The SMILES string of the molecule is CCCN1CCN(C(=O)Nc2cc(C)[nH]c2C(=O)O)CC1. The number of hydrogen-bond acceptors (Lipinski definition) is 3. The van der Waals surface area contributed by atoms with Gasteiger partial charge in [0.2, 0.25) is 0 Å². The third-order valence-corrected chi connectivity index (χ3v) is 3.61. The summed E-state index contributed by atoms with van der Waals surface area (Å²) in [4.78, 5) is 30.1. The van der Waals surface area contributed by atoms with Gasteiger partial charge in [-0.05, 0) is 26.0 Å². The number of carboxylic acids is 1.